The highest BCUT2D eigenvalue weighted by molar-refractivity contribution is 7.13. The van der Waals surface area contributed by atoms with Crippen molar-refractivity contribution in [3.8, 4) is 0 Å². The second-order valence-corrected chi connectivity index (χ2v) is 5.16. The number of piperazine rings is 1. The zero-order valence-electron chi connectivity index (χ0n) is 11.6. The summed E-state index contributed by atoms with van der Waals surface area (Å²) in [5.74, 6) is -1.33. The molecule has 0 aliphatic carbocycles. The van der Waals surface area contributed by atoms with E-state index in [0.717, 1.165) is 0 Å². The van der Waals surface area contributed by atoms with Crippen LogP contribution in [0.15, 0.2) is 11.6 Å². The molecule has 21 heavy (non-hydrogen) atoms. The minimum absolute atomic E-state index is 0.308. The maximum absolute atomic E-state index is 12.0. The second kappa shape index (κ2) is 7.02. The van der Waals surface area contributed by atoms with Crippen molar-refractivity contribution in [3.63, 3.8) is 0 Å². The number of rotatable bonds is 2. The number of ether oxygens (including phenoxy) is 1. The monoisotopic (exact) mass is 312 g/mol. The molecule has 1 N–H and O–H groups in total. The zero-order valence-corrected chi connectivity index (χ0v) is 12.4. The van der Waals surface area contributed by atoms with Crippen molar-refractivity contribution in [2.75, 3.05) is 38.1 Å². The molecule has 0 atom stereocenters. The van der Waals surface area contributed by atoms with Gasteiger partial charge in [-0.25, -0.2) is 9.78 Å². The molecule has 1 saturated heterocycles. The van der Waals surface area contributed by atoms with Gasteiger partial charge in [0.25, 0.3) is 0 Å². The molecule has 2 heterocycles. The Kier molecular flexibility index (Phi) is 5.09. The van der Waals surface area contributed by atoms with Crippen LogP contribution in [0.25, 0.3) is 0 Å². The predicted molar refractivity (Wildman–Crippen MR) is 75.9 cm³/mol. The predicted octanol–water partition coefficient (Wildman–Crippen LogP) is 0.382. The number of hydrogen-bond acceptors (Lipinski definition) is 6. The molecular formula is C12H16N4O4S. The lowest BCUT2D eigenvalue weighted by Gasteiger charge is -2.33. The Morgan fingerprint density at radius 2 is 1.95 bits per heavy atom. The first-order valence-corrected chi connectivity index (χ1v) is 7.41. The van der Waals surface area contributed by atoms with Crippen molar-refractivity contribution in [1.82, 2.24) is 14.8 Å². The molecule has 0 unspecified atom stereocenters. The van der Waals surface area contributed by atoms with Crippen LogP contribution in [0, 0.1) is 0 Å². The molecule has 0 bridgehead atoms. The van der Waals surface area contributed by atoms with Crippen LogP contribution in [-0.2, 0) is 14.3 Å². The lowest BCUT2D eigenvalue weighted by atomic mass is 10.3. The maximum Gasteiger partial charge on any atom is 0.409 e. The topological polar surface area (TPSA) is 91.8 Å². The first kappa shape index (κ1) is 15.2. The van der Waals surface area contributed by atoms with Crippen molar-refractivity contribution in [2.24, 2.45) is 0 Å². The van der Waals surface area contributed by atoms with E-state index >= 15 is 0 Å². The highest BCUT2D eigenvalue weighted by Gasteiger charge is 2.28. The summed E-state index contributed by atoms with van der Waals surface area (Å²) in [5.41, 5.74) is 0. The van der Waals surface area contributed by atoms with Crippen LogP contribution < -0.4 is 5.32 Å². The summed E-state index contributed by atoms with van der Waals surface area (Å²) in [7, 11) is 0. The third kappa shape index (κ3) is 3.91. The van der Waals surface area contributed by atoms with Gasteiger partial charge in [0.1, 0.15) is 0 Å². The number of carbonyl (C=O) groups excluding carboxylic acids is 3. The molecule has 3 amide bonds. The standard InChI is InChI=1S/C12H16N4O4S/c1-2-20-12(19)16-6-4-15(5-7-16)10(18)9(17)14-11-13-3-8-21-11/h3,8H,2,4-7H2,1H3,(H,13,14,17). The van der Waals surface area contributed by atoms with E-state index in [1.54, 1.807) is 18.5 Å². The number of aromatic nitrogens is 1. The molecule has 2 rings (SSSR count). The lowest BCUT2D eigenvalue weighted by molar-refractivity contribution is -0.144. The molecule has 9 heteroatoms. The Hall–Kier alpha value is -2.16. The molecule has 8 nitrogen and oxygen atoms in total. The Labute approximate surface area is 125 Å². The minimum Gasteiger partial charge on any atom is -0.450 e. The molecule has 1 aromatic heterocycles. The van der Waals surface area contributed by atoms with Crippen molar-refractivity contribution in [1.29, 1.82) is 0 Å². The van der Waals surface area contributed by atoms with Crippen LogP contribution in [-0.4, -0.2) is 65.5 Å². The summed E-state index contributed by atoms with van der Waals surface area (Å²) in [6.07, 6.45) is 1.15. The Bertz CT molecular complexity index is 511. The fraction of sp³-hybridized carbons (Fsp3) is 0.500. The van der Waals surface area contributed by atoms with E-state index in [0.29, 0.717) is 37.9 Å². The zero-order chi connectivity index (χ0) is 15.2. The third-order valence-electron chi connectivity index (χ3n) is 2.94. The number of anilines is 1. The molecular weight excluding hydrogens is 296 g/mol. The number of nitrogens with one attached hydrogen (secondary N) is 1. The summed E-state index contributed by atoms with van der Waals surface area (Å²) in [6.45, 7) is 3.38. The highest BCUT2D eigenvalue weighted by atomic mass is 32.1. The largest absolute Gasteiger partial charge is 0.450 e. The SMILES string of the molecule is CCOC(=O)N1CCN(C(=O)C(=O)Nc2nccs2)CC1. The number of amides is 3. The van der Waals surface area contributed by atoms with Gasteiger partial charge in [0.15, 0.2) is 5.13 Å². The fourth-order valence-corrected chi connectivity index (χ4v) is 2.41. The van der Waals surface area contributed by atoms with Gasteiger partial charge in [-0.15, -0.1) is 11.3 Å². The molecule has 0 aromatic carbocycles. The van der Waals surface area contributed by atoms with Gasteiger partial charge in [0.05, 0.1) is 6.61 Å². The molecule has 1 aliphatic heterocycles. The van der Waals surface area contributed by atoms with Gasteiger partial charge < -0.3 is 14.5 Å². The van der Waals surface area contributed by atoms with E-state index in [1.165, 1.54) is 21.1 Å². The highest BCUT2D eigenvalue weighted by Crippen LogP contribution is 2.11. The Balaban J connectivity index is 1.82. The van der Waals surface area contributed by atoms with Crippen LogP contribution in [0.4, 0.5) is 9.93 Å². The smallest absolute Gasteiger partial charge is 0.409 e. The van der Waals surface area contributed by atoms with E-state index in [2.05, 4.69) is 10.3 Å². The first-order valence-electron chi connectivity index (χ1n) is 6.53. The van der Waals surface area contributed by atoms with E-state index in [9.17, 15) is 14.4 Å². The van der Waals surface area contributed by atoms with Gasteiger partial charge in [-0.05, 0) is 6.92 Å². The van der Waals surface area contributed by atoms with E-state index in [4.69, 9.17) is 4.74 Å². The minimum atomic E-state index is -0.713. The van der Waals surface area contributed by atoms with Gasteiger partial charge >= 0.3 is 17.9 Å². The van der Waals surface area contributed by atoms with E-state index in [1.807, 2.05) is 0 Å². The van der Waals surface area contributed by atoms with Crippen molar-refractivity contribution >= 4 is 34.4 Å². The number of carbonyl (C=O) groups is 3. The average molecular weight is 312 g/mol. The van der Waals surface area contributed by atoms with Crippen molar-refractivity contribution < 1.29 is 19.1 Å². The molecule has 114 valence electrons. The second-order valence-electron chi connectivity index (χ2n) is 4.27. The van der Waals surface area contributed by atoms with Gasteiger partial charge in [0.2, 0.25) is 0 Å². The summed E-state index contributed by atoms with van der Waals surface area (Å²) in [6, 6.07) is 0. The molecule has 1 fully saturated rings. The molecule has 1 aromatic rings. The maximum atomic E-state index is 12.0. The van der Waals surface area contributed by atoms with Gasteiger partial charge in [-0.3, -0.25) is 14.9 Å². The summed E-state index contributed by atoms with van der Waals surface area (Å²) < 4.78 is 4.89. The van der Waals surface area contributed by atoms with Crippen LogP contribution in [0.3, 0.4) is 0 Å². The number of thiazole rings is 1. The van der Waals surface area contributed by atoms with Crippen LogP contribution >= 0.6 is 11.3 Å². The Morgan fingerprint density at radius 3 is 2.52 bits per heavy atom. The van der Waals surface area contributed by atoms with Crippen LogP contribution in [0.1, 0.15) is 6.92 Å². The first-order chi connectivity index (χ1) is 10.1. The van der Waals surface area contributed by atoms with E-state index in [-0.39, 0.29) is 0 Å². The fourth-order valence-electron chi connectivity index (χ4n) is 1.89. The summed E-state index contributed by atoms with van der Waals surface area (Å²) >= 11 is 1.24. The number of nitrogens with zero attached hydrogens (tertiary/aromatic N) is 3. The van der Waals surface area contributed by atoms with Crippen LogP contribution in [0.2, 0.25) is 0 Å². The Morgan fingerprint density at radius 1 is 1.29 bits per heavy atom. The number of hydrogen-bond donors (Lipinski definition) is 1. The lowest BCUT2D eigenvalue weighted by Crippen LogP contribution is -2.53. The third-order valence-corrected chi connectivity index (χ3v) is 3.63. The normalized spacial score (nSPS) is 14.7. The average Bonchev–Trinajstić information content (AvgIpc) is 3.00. The van der Waals surface area contributed by atoms with Gasteiger partial charge in [-0.1, -0.05) is 0 Å². The van der Waals surface area contributed by atoms with Crippen LogP contribution in [0.5, 0.6) is 0 Å². The summed E-state index contributed by atoms with van der Waals surface area (Å²) in [4.78, 5) is 42.1. The molecule has 0 saturated carbocycles. The quantitative estimate of drug-likeness (QED) is 0.797. The van der Waals surface area contributed by atoms with Gasteiger partial charge in [-0.2, -0.15) is 0 Å². The molecule has 0 spiro atoms. The van der Waals surface area contributed by atoms with Gasteiger partial charge in [0, 0.05) is 37.8 Å². The molecule has 1 aliphatic rings. The van der Waals surface area contributed by atoms with E-state index < -0.39 is 17.9 Å². The molecule has 0 radical (unpaired) electrons. The van der Waals surface area contributed by atoms with Crippen molar-refractivity contribution in [3.05, 3.63) is 11.6 Å². The van der Waals surface area contributed by atoms with Crippen molar-refractivity contribution in [2.45, 2.75) is 6.92 Å². The summed E-state index contributed by atoms with van der Waals surface area (Å²) in [5, 5.41) is 4.54.